The highest BCUT2D eigenvalue weighted by Crippen LogP contribution is 2.34. The second-order valence-corrected chi connectivity index (χ2v) is 7.69. The van der Waals surface area contributed by atoms with Crippen LogP contribution in [-0.2, 0) is 11.0 Å². The molecular weight excluding hydrogens is 413 g/mol. The summed E-state index contributed by atoms with van der Waals surface area (Å²) < 4.78 is 39.7. The fraction of sp³-hybridized carbons (Fsp3) is 0.238. The van der Waals surface area contributed by atoms with Crippen molar-refractivity contribution in [3.8, 4) is 6.07 Å². The Morgan fingerprint density at radius 3 is 2.47 bits per heavy atom. The number of alkyl halides is 3. The van der Waals surface area contributed by atoms with Crippen LogP contribution >= 0.6 is 11.8 Å². The van der Waals surface area contributed by atoms with E-state index in [4.69, 9.17) is 5.26 Å². The monoisotopic (exact) mass is 430 g/mol. The molecule has 0 bridgehead atoms. The van der Waals surface area contributed by atoms with Crippen molar-refractivity contribution in [3.05, 3.63) is 60.4 Å². The van der Waals surface area contributed by atoms with Gasteiger partial charge in [-0.05, 0) is 25.1 Å². The van der Waals surface area contributed by atoms with Gasteiger partial charge in [0, 0.05) is 17.6 Å². The molecule has 30 heavy (non-hydrogen) atoms. The van der Waals surface area contributed by atoms with Crippen molar-refractivity contribution in [1.29, 1.82) is 5.26 Å². The molecule has 0 spiro atoms. The van der Waals surface area contributed by atoms with Crippen LogP contribution in [0.2, 0.25) is 0 Å². The van der Waals surface area contributed by atoms with Crippen LogP contribution < -0.4 is 4.90 Å². The third-order valence-electron chi connectivity index (χ3n) is 4.24. The molecule has 0 aliphatic rings. The Labute approximate surface area is 175 Å². The summed E-state index contributed by atoms with van der Waals surface area (Å²) in [7, 11) is 0. The molecule has 0 radical (unpaired) electrons. The Kier molecular flexibility index (Phi) is 6.57. The van der Waals surface area contributed by atoms with Crippen LogP contribution in [-0.4, -0.2) is 27.7 Å². The molecule has 3 aromatic rings. The van der Waals surface area contributed by atoms with Crippen molar-refractivity contribution in [3.63, 3.8) is 0 Å². The summed E-state index contributed by atoms with van der Waals surface area (Å²) in [4.78, 5) is 21.9. The zero-order chi connectivity index (χ0) is 21.7. The average molecular weight is 430 g/mol. The first-order valence-electron chi connectivity index (χ1n) is 9.05. The fourth-order valence-corrected chi connectivity index (χ4v) is 3.84. The number of nitriles is 1. The number of hydrogen-bond donors (Lipinski definition) is 0. The molecule has 0 fully saturated rings. The quantitative estimate of drug-likeness (QED) is 0.403. The SMILES string of the molecule is CC(Sc1nc(C(F)(F)F)nc2ccccc12)C(=O)N(CCC#N)c1ccccc1. The summed E-state index contributed by atoms with van der Waals surface area (Å²) in [6.07, 6.45) is -4.57. The molecule has 0 saturated heterocycles. The molecule has 0 aliphatic carbocycles. The molecule has 1 amide bonds. The van der Waals surface area contributed by atoms with E-state index in [1.54, 1.807) is 55.5 Å². The Morgan fingerprint density at radius 2 is 1.80 bits per heavy atom. The summed E-state index contributed by atoms with van der Waals surface area (Å²) in [5.74, 6) is -1.56. The first-order valence-corrected chi connectivity index (χ1v) is 9.93. The van der Waals surface area contributed by atoms with E-state index < -0.39 is 17.3 Å². The summed E-state index contributed by atoms with van der Waals surface area (Å²) in [5, 5.41) is 8.72. The fourth-order valence-electron chi connectivity index (χ4n) is 2.84. The molecule has 5 nitrogen and oxygen atoms in total. The highest BCUT2D eigenvalue weighted by Gasteiger charge is 2.36. The largest absolute Gasteiger partial charge is 0.451 e. The number of nitrogens with zero attached hydrogens (tertiary/aromatic N) is 4. The van der Waals surface area contributed by atoms with Gasteiger partial charge in [0.1, 0.15) is 5.03 Å². The van der Waals surface area contributed by atoms with Crippen LogP contribution in [0.1, 0.15) is 19.2 Å². The van der Waals surface area contributed by atoms with Gasteiger partial charge < -0.3 is 4.90 Å². The lowest BCUT2D eigenvalue weighted by atomic mass is 10.2. The van der Waals surface area contributed by atoms with E-state index in [9.17, 15) is 18.0 Å². The average Bonchev–Trinajstić information content (AvgIpc) is 2.74. The van der Waals surface area contributed by atoms with E-state index in [1.807, 2.05) is 6.07 Å². The summed E-state index contributed by atoms with van der Waals surface area (Å²) in [6, 6.07) is 17.2. The maximum Gasteiger partial charge on any atom is 0.451 e. The van der Waals surface area contributed by atoms with Crippen LogP contribution in [0.25, 0.3) is 10.9 Å². The third-order valence-corrected chi connectivity index (χ3v) is 5.33. The van der Waals surface area contributed by atoms with Crippen molar-refractivity contribution in [2.24, 2.45) is 0 Å². The molecule has 1 unspecified atom stereocenters. The number of amides is 1. The van der Waals surface area contributed by atoms with Crippen LogP contribution in [0.3, 0.4) is 0 Å². The number of hydrogen-bond acceptors (Lipinski definition) is 5. The van der Waals surface area contributed by atoms with Gasteiger partial charge in [0.15, 0.2) is 0 Å². The summed E-state index contributed by atoms with van der Waals surface area (Å²) >= 11 is 0.943. The van der Waals surface area contributed by atoms with Gasteiger partial charge in [-0.1, -0.05) is 48.2 Å². The Hall–Kier alpha value is -3.12. The van der Waals surface area contributed by atoms with Gasteiger partial charge in [0.05, 0.1) is 23.3 Å². The van der Waals surface area contributed by atoms with Gasteiger partial charge in [-0.3, -0.25) is 4.79 Å². The number of carbonyl (C=O) groups excluding carboxylic acids is 1. The molecule has 9 heteroatoms. The number of fused-ring (bicyclic) bond motifs is 1. The van der Waals surface area contributed by atoms with Crippen LogP contribution in [0.5, 0.6) is 0 Å². The van der Waals surface area contributed by atoms with Gasteiger partial charge >= 0.3 is 6.18 Å². The molecule has 1 aromatic heterocycles. The van der Waals surface area contributed by atoms with Crippen LogP contribution in [0.4, 0.5) is 18.9 Å². The maximum atomic E-state index is 13.2. The zero-order valence-corrected chi connectivity index (χ0v) is 16.7. The van der Waals surface area contributed by atoms with E-state index in [0.29, 0.717) is 11.1 Å². The minimum atomic E-state index is -4.70. The number of benzene rings is 2. The number of halogens is 3. The minimum Gasteiger partial charge on any atom is -0.310 e. The molecule has 1 heterocycles. The molecule has 0 N–H and O–H groups in total. The third kappa shape index (κ3) is 4.89. The second-order valence-electron chi connectivity index (χ2n) is 6.36. The molecule has 154 valence electrons. The Bertz CT molecular complexity index is 1080. The lowest BCUT2D eigenvalue weighted by molar-refractivity contribution is -0.145. The lowest BCUT2D eigenvalue weighted by Gasteiger charge is -2.25. The number of anilines is 1. The van der Waals surface area contributed by atoms with Crippen LogP contribution in [0.15, 0.2) is 59.6 Å². The normalized spacial score (nSPS) is 12.4. The van der Waals surface area contributed by atoms with Crippen molar-refractivity contribution < 1.29 is 18.0 Å². The van der Waals surface area contributed by atoms with Gasteiger partial charge in [-0.25, -0.2) is 9.97 Å². The lowest BCUT2D eigenvalue weighted by Crippen LogP contribution is -2.37. The number of carbonyl (C=O) groups is 1. The Balaban J connectivity index is 1.94. The predicted octanol–water partition coefficient (Wildman–Crippen LogP) is 5.08. The zero-order valence-electron chi connectivity index (χ0n) is 15.9. The molecule has 2 aromatic carbocycles. The highest BCUT2D eigenvalue weighted by molar-refractivity contribution is 8.00. The van der Waals surface area contributed by atoms with E-state index in [-0.39, 0.29) is 29.4 Å². The smallest absolute Gasteiger partial charge is 0.310 e. The molecular formula is C21H17F3N4OS. The number of para-hydroxylation sites is 2. The first-order chi connectivity index (χ1) is 14.3. The maximum absolute atomic E-state index is 13.2. The number of rotatable bonds is 6. The van der Waals surface area contributed by atoms with Gasteiger partial charge in [-0.15, -0.1) is 0 Å². The molecule has 0 saturated carbocycles. The molecule has 3 rings (SSSR count). The van der Waals surface area contributed by atoms with E-state index in [2.05, 4.69) is 9.97 Å². The molecule has 1 atom stereocenters. The second kappa shape index (κ2) is 9.13. The van der Waals surface area contributed by atoms with E-state index in [1.165, 1.54) is 11.0 Å². The van der Waals surface area contributed by atoms with Crippen molar-refractivity contribution in [1.82, 2.24) is 9.97 Å². The van der Waals surface area contributed by atoms with Crippen molar-refractivity contribution in [2.75, 3.05) is 11.4 Å². The van der Waals surface area contributed by atoms with Gasteiger partial charge in [0.2, 0.25) is 11.7 Å². The summed E-state index contributed by atoms with van der Waals surface area (Å²) in [5.41, 5.74) is 0.778. The first kappa shape index (κ1) is 21.6. The topological polar surface area (TPSA) is 69.9 Å². The van der Waals surface area contributed by atoms with E-state index in [0.717, 1.165) is 11.8 Å². The van der Waals surface area contributed by atoms with E-state index >= 15 is 0 Å². The molecule has 0 aliphatic heterocycles. The van der Waals surface area contributed by atoms with Crippen LogP contribution in [0, 0.1) is 11.3 Å². The predicted molar refractivity (Wildman–Crippen MR) is 109 cm³/mol. The number of aromatic nitrogens is 2. The minimum absolute atomic E-state index is 0.0852. The van der Waals surface area contributed by atoms with Crippen molar-refractivity contribution >= 4 is 34.3 Å². The highest BCUT2D eigenvalue weighted by atomic mass is 32.2. The van der Waals surface area contributed by atoms with Gasteiger partial charge in [-0.2, -0.15) is 18.4 Å². The van der Waals surface area contributed by atoms with Crippen molar-refractivity contribution in [2.45, 2.75) is 29.8 Å². The van der Waals surface area contributed by atoms with Gasteiger partial charge in [0.25, 0.3) is 0 Å². The summed E-state index contributed by atoms with van der Waals surface area (Å²) in [6.45, 7) is 1.79. The number of thioether (sulfide) groups is 1. The standard InChI is InChI=1S/C21H17F3N4OS/c1-14(19(29)28(13-7-12-25)15-8-3-2-4-9-15)30-18-16-10-5-6-11-17(16)26-20(27-18)21(22,23)24/h2-6,8-11,14H,7,13H2,1H3. The Morgan fingerprint density at radius 1 is 1.13 bits per heavy atom.